The molecule has 29 heavy (non-hydrogen) atoms. The summed E-state index contributed by atoms with van der Waals surface area (Å²) in [5, 5.41) is 7.37. The Balaban J connectivity index is 1.47. The van der Waals surface area contributed by atoms with Crippen LogP contribution >= 0.6 is 0 Å². The van der Waals surface area contributed by atoms with Gasteiger partial charge in [-0.15, -0.1) is 0 Å². The molecule has 1 saturated heterocycles. The van der Waals surface area contributed by atoms with E-state index in [1.54, 1.807) is 41.6 Å². The van der Waals surface area contributed by atoms with Crippen molar-refractivity contribution in [1.82, 2.24) is 29.6 Å². The number of piperidine rings is 1. The number of rotatable bonds is 5. The van der Waals surface area contributed by atoms with Gasteiger partial charge in [0.15, 0.2) is 5.82 Å². The van der Waals surface area contributed by atoms with E-state index >= 15 is 0 Å². The number of anilines is 2. The second-order valence-corrected chi connectivity index (χ2v) is 7.03. The van der Waals surface area contributed by atoms with Gasteiger partial charge in [0.25, 0.3) is 0 Å². The summed E-state index contributed by atoms with van der Waals surface area (Å²) in [5.74, 6) is 1.54. The third-order valence-electron chi connectivity index (χ3n) is 4.90. The molecule has 0 spiro atoms. The molecule has 1 aliphatic rings. The number of hydrogen-bond donors (Lipinski definition) is 1. The Morgan fingerprint density at radius 1 is 1.21 bits per heavy atom. The Hall–Kier alpha value is -3.55. The molecule has 1 fully saturated rings. The van der Waals surface area contributed by atoms with Crippen LogP contribution in [0.3, 0.4) is 0 Å². The number of amides is 1. The average Bonchev–Trinajstić information content (AvgIpc) is 3.18. The van der Waals surface area contributed by atoms with Gasteiger partial charge in [-0.3, -0.25) is 14.5 Å². The van der Waals surface area contributed by atoms with Crippen molar-refractivity contribution in [2.75, 3.05) is 18.4 Å². The predicted octanol–water partition coefficient (Wildman–Crippen LogP) is 2.77. The van der Waals surface area contributed by atoms with E-state index in [1.807, 2.05) is 36.3 Å². The van der Waals surface area contributed by atoms with Crippen LogP contribution in [0.4, 0.5) is 11.6 Å². The number of carbonyl (C=O) groups excluding carboxylic acids is 1. The third kappa shape index (κ3) is 4.66. The van der Waals surface area contributed by atoms with Crippen LogP contribution in [0.25, 0.3) is 6.08 Å². The number of hydrogen-bond acceptors (Lipinski definition) is 6. The third-order valence-corrected chi connectivity index (χ3v) is 4.90. The second-order valence-electron chi connectivity index (χ2n) is 7.03. The molecule has 0 bridgehead atoms. The number of nitrogens with one attached hydrogen (secondary N) is 1. The molecule has 1 amide bonds. The van der Waals surface area contributed by atoms with Crippen LogP contribution in [0.1, 0.15) is 30.0 Å². The summed E-state index contributed by atoms with van der Waals surface area (Å²) in [5.41, 5.74) is 1.78. The monoisotopic (exact) mass is 389 g/mol. The fourth-order valence-corrected chi connectivity index (χ4v) is 3.50. The molecule has 3 aromatic heterocycles. The molecule has 0 aliphatic carbocycles. The van der Waals surface area contributed by atoms with Gasteiger partial charge in [0.2, 0.25) is 5.91 Å². The molecular weight excluding hydrogens is 366 g/mol. The molecule has 3 aromatic rings. The van der Waals surface area contributed by atoms with Crippen LogP contribution in [-0.2, 0) is 11.8 Å². The summed E-state index contributed by atoms with van der Waals surface area (Å²) in [4.78, 5) is 27.9. The zero-order valence-corrected chi connectivity index (χ0v) is 16.3. The van der Waals surface area contributed by atoms with Gasteiger partial charge in [-0.05, 0) is 31.1 Å². The van der Waals surface area contributed by atoms with Gasteiger partial charge in [-0.1, -0.05) is 6.07 Å². The molecule has 0 aromatic carbocycles. The molecule has 1 N–H and O–H groups in total. The van der Waals surface area contributed by atoms with Crippen molar-refractivity contribution in [1.29, 1.82) is 0 Å². The predicted molar refractivity (Wildman–Crippen MR) is 110 cm³/mol. The fraction of sp³-hybridized carbons (Fsp3) is 0.286. The zero-order chi connectivity index (χ0) is 20.1. The summed E-state index contributed by atoms with van der Waals surface area (Å²) in [6.45, 7) is 1.36. The van der Waals surface area contributed by atoms with E-state index < -0.39 is 0 Å². The molecule has 148 valence electrons. The minimum absolute atomic E-state index is 0.00155. The lowest BCUT2D eigenvalue weighted by Crippen LogP contribution is -2.38. The van der Waals surface area contributed by atoms with Crippen molar-refractivity contribution < 1.29 is 4.79 Å². The standard InChI is InChI=1S/C21H23N7O/c1-27-14-16(13-25-27)7-8-19(29)28-12-4-5-17(15-28)20-21(24-11-10-23-20)26-18-6-2-3-9-22-18/h2-3,6-11,13-14,17H,4-5,12,15H2,1H3,(H,22,24,26). The van der Waals surface area contributed by atoms with Gasteiger partial charge in [-0.25, -0.2) is 9.97 Å². The van der Waals surface area contributed by atoms with Crippen molar-refractivity contribution in [2.24, 2.45) is 7.05 Å². The Labute approximate surface area is 169 Å². The minimum Gasteiger partial charge on any atom is -0.338 e. The Bertz CT molecular complexity index is 999. The van der Waals surface area contributed by atoms with E-state index in [0.717, 1.165) is 36.5 Å². The molecule has 8 heteroatoms. The lowest BCUT2D eigenvalue weighted by molar-refractivity contribution is -0.127. The van der Waals surface area contributed by atoms with Crippen molar-refractivity contribution in [2.45, 2.75) is 18.8 Å². The Morgan fingerprint density at radius 2 is 2.10 bits per heavy atom. The summed E-state index contributed by atoms with van der Waals surface area (Å²) >= 11 is 0. The molecular formula is C21H23N7O. The summed E-state index contributed by atoms with van der Waals surface area (Å²) in [6.07, 6.45) is 14.0. The van der Waals surface area contributed by atoms with Crippen LogP contribution < -0.4 is 5.32 Å². The number of aryl methyl sites for hydroxylation is 1. The van der Waals surface area contributed by atoms with E-state index in [1.165, 1.54) is 0 Å². The summed E-state index contributed by atoms with van der Waals surface area (Å²) in [6, 6.07) is 5.67. The maximum Gasteiger partial charge on any atom is 0.246 e. The van der Waals surface area contributed by atoms with Crippen LogP contribution in [0, 0.1) is 0 Å². The quantitative estimate of drug-likeness (QED) is 0.675. The van der Waals surface area contributed by atoms with Gasteiger partial charge in [-0.2, -0.15) is 5.10 Å². The second kappa shape index (κ2) is 8.64. The highest BCUT2D eigenvalue weighted by Crippen LogP contribution is 2.30. The topological polar surface area (TPSA) is 88.8 Å². The van der Waals surface area contributed by atoms with E-state index in [9.17, 15) is 4.79 Å². The Kier molecular flexibility index (Phi) is 5.60. The number of carbonyl (C=O) groups is 1. The largest absolute Gasteiger partial charge is 0.338 e. The average molecular weight is 389 g/mol. The highest BCUT2D eigenvalue weighted by Gasteiger charge is 2.27. The molecule has 8 nitrogen and oxygen atoms in total. The van der Waals surface area contributed by atoms with Crippen LogP contribution in [0.5, 0.6) is 0 Å². The number of pyridine rings is 1. The molecule has 0 radical (unpaired) electrons. The normalized spacial score (nSPS) is 16.9. The maximum atomic E-state index is 12.7. The van der Waals surface area contributed by atoms with Crippen molar-refractivity contribution in [3.8, 4) is 0 Å². The van der Waals surface area contributed by atoms with E-state index in [2.05, 4.69) is 25.4 Å². The lowest BCUT2D eigenvalue weighted by atomic mass is 9.94. The molecule has 4 heterocycles. The smallest absolute Gasteiger partial charge is 0.246 e. The van der Waals surface area contributed by atoms with Gasteiger partial charge in [0, 0.05) is 62.5 Å². The number of likely N-dealkylation sites (tertiary alicyclic amines) is 1. The highest BCUT2D eigenvalue weighted by molar-refractivity contribution is 5.91. The van der Waals surface area contributed by atoms with Crippen molar-refractivity contribution in [3.63, 3.8) is 0 Å². The van der Waals surface area contributed by atoms with E-state index in [-0.39, 0.29) is 11.8 Å². The lowest BCUT2D eigenvalue weighted by Gasteiger charge is -2.32. The molecule has 0 saturated carbocycles. The van der Waals surface area contributed by atoms with Gasteiger partial charge in [0.05, 0.1) is 11.9 Å². The van der Waals surface area contributed by atoms with Crippen molar-refractivity contribution >= 4 is 23.6 Å². The van der Waals surface area contributed by atoms with Gasteiger partial charge in [0.1, 0.15) is 5.82 Å². The highest BCUT2D eigenvalue weighted by atomic mass is 16.2. The first-order chi connectivity index (χ1) is 14.2. The molecule has 1 atom stereocenters. The van der Waals surface area contributed by atoms with Crippen molar-refractivity contribution in [3.05, 3.63) is 66.5 Å². The number of aromatic nitrogens is 5. The summed E-state index contributed by atoms with van der Waals surface area (Å²) < 4.78 is 1.71. The molecule has 1 unspecified atom stereocenters. The van der Waals surface area contributed by atoms with E-state index in [0.29, 0.717) is 12.4 Å². The van der Waals surface area contributed by atoms with Crippen LogP contribution in [0.15, 0.2) is 55.3 Å². The fourth-order valence-electron chi connectivity index (χ4n) is 3.50. The van der Waals surface area contributed by atoms with E-state index in [4.69, 9.17) is 0 Å². The molecule has 1 aliphatic heterocycles. The van der Waals surface area contributed by atoms with Gasteiger partial charge < -0.3 is 10.2 Å². The molecule has 4 rings (SSSR count). The van der Waals surface area contributed by atoms with Gasteiger partial charge >= 0.3 is 0 Å². The SMILES string of the molecule is Cn1cc(C=CC(=O)N2CCCC(c3nccnc3Nc3ccccn3)C2)cn1. The van der Waals surface area contributed by atoms with Crippen LogP contribution in [-0.4, -0.2) is 48.6 Å². The first-order valence-electron chi connectivity index (χ1n) is 9.63. The Morgan fingerprint density at radius 3 is 2.90 bits per heavy atom. The first-order valence-corrected chi connectivity index (χ1v) is 9.63. The number of nitrogens with zero attached hydrogens (tertiary/aromatic N) is 6. The van der Waals surface area contributed by atoms with Crippen LogP contribution in [0.2, 0.25) is 0 Å². The zero-order valence-electron chi connectivity index (χ0n) is 16.3. The first kappa shape index (κ1) is 18.8. The minimum atomic E-state index is 0.00155. The maximum absolute atomic E-state index is 12.7. The summed E-state index contributed by atoms with van der Waals surface area (Å²) in [7, 11) is 1.85.